The lowest BCUT2D eigenvalue weighted by molar-refractivity contribution is -0.128. The van der Waals surface area contributed by atoms with Crippen molar-refractivity contribution in [2.24, 2.45) is 5.41 Å². The van der Waals surface area contributed by atoms with E-state index < -0.39 is 0 Å². The Morgan fingerprint density at radius 3 is 2.11 bits per heavy atom. The first-order valence-electron chi connectivity index (χ1n) is 7.31. The van der Waals surface area contributed by atoms with Gasteiger partial charge in [-0.1, -0.05) is 51.0 Å². The fraction of sp³-hybridized carbons (Fsp3) is 0.588. The molecular formula is C17H24O. The second-order valence-electron chi connectivity index (χ2n) is 5.61. The van der Waals surface area contributed by atoms with Crippen LogP contribution in [0.4, 0.5) is 0 Å². The van der Waals surface area contributed by atoms with Gasteiger partial charge < -0.3 is 0 Å². The Labute approximate surface area is 111 Å². The van der Waals surface area contributed by atoms with Crippen LogP contribution in [0, 0.1) is 5.41 Å². The molecule has 0 heterocycles. The van der Waals surface area contributed by atoms with Crippen LogP contribution in [-0.2, 0) is 17.6 Å². The van der Waals surface area contributed by atoms with Crippen LogP contribution in [0.25, 0.3) is 0 Å². The van der Waals surface area contributed by atoms with Crippen molar-refractivity contribution in [2.45, 2.75) is 58.8 Å². The fourth-order valence-electron chi connectivity index (χ4n) is 3.15. The highest BCUT2D eigenvalue weighted by atomic mass is 16.1. The van der Waals surface area contributed by atoms with Crippen molar-refractivity contribution in [3.63, 3.8) is 0 Å². The molecule has 2 rings (SSSR count). The fourth-order valence-corrected chi connectivity index (χ4v) is 3.15. The first kappa shape index (κ1) is 13.3. The predicted octanol–water partition coefficient (Wildman–Crippen LogP) is 4.33. The molecule has 0 amide bonds. The summed E-state index contributed by atoms with van der Waals surface area (Å²) in [6.45, 7) is 4.33. The highest BCUT2D eigenvalue weighted by Gasteiger charge is 2.38. The van der Waals surface area contributed by atoms with E-state index >= 15 is 0 Å². The van der Waals surface area contributed by atoms with E-state index in [-0.39, 0.29) is 5.41 Å². The number of aryl methyl sites for hydroxylation is 1. The molecule has 0 atom stereocenters. The number of ketones is 1. The van der Waals surface area contributed by atoms with E-state index in [0.717, 1.165) is 25.7 Å². The summed E-state index contributed by atoms with van der Waals surface area (Å²) >= 11 is 0. The van der Waals surface area contributed by atoms with E-state index in [4.69, 9.17) is 0 Å². The van der Waals surface area contributed by atoms with Crippen molar-refractivity contribution < 1.29 is 4.79 Å². The highest BCUT2D eigenvalue weighted by molar-refractivity contribution is 5.87. The maximum absolute atomic E-state index is 12.5. The molecular weight excluding hydrogens is 220 g/mol. The van der Waals surface area contributed by atoms with Gasteiger partial charge in [-0.2, -0.15) is 0 Å². The van der Waals surface area contributed by atoms with Gasteiger partial charge in [0.05, 0.1) is 0 Å². The van der Waals surface area contributed by atoms with Gasteiger partial charge in [-0.15, -0.1) is 0 Å². The Hall–Kier alpha value is -1.11. The molecule has 0 aliphatic heterocycles. The lowest BCUT2D eigenvalue weighted by atomic mass is 9.77. The number of carbonyl (C=O) groups excluding carboxylic acids is 1. The largest absolute Gasteiger partial charge is 0.299 e. The molecule has 1 saturated carbocycles. The van der Waals surface area contributed by atoms with Crippen molar-refractivity contribution in [3.8, 4) is 0 Å². The quantitative estimate of drug-likeness (QED) is 0.753. The Balaban J connectivity index is 2.05. The van der Waals surface area contributed by atoms with Gasteiger partial charge in [0.1, 0.15) is 5.78 Å². The molecule has 1 aromatic carbocycles. The predicted molar refractivity (Wildman–Crippen MR) is 75.7 cm³/mol. The summed E-state index contributed by atoms with van der Waals surface area (Å²) in [7, 11) is 0. The summed E-state index contributed by atoms with van der Waals surface area (Å²) in [5.74, 6) is 0.465. The number of hydrogen-bond donors (Lipinski definition) is 0. The standard InChI is InChI=1S/C17H24O/c1-3-14-7-9-15(10-8-14)13-16(18)17(4-2)11-5-6-12-17/h7-10H,3-6,11-13H2,1-2H3. The van der Waals surface area contributed by atoms with Crippen LogP contribution in [0.5, 0.6) is 0 Å². The molecule has 1 aromatic rings. The van der Waals surface area contributed by atoms with E-state index in [2.05, 4.69) is 38.1 Å². The van der Waals surface area contributed by atoms with Gasteiger partial charge in [-0.25, -0.2) is 0 Å². The summed E-state index contributed by atoms with van der Waals surface area (Å²) < 4.78 is 0. The lowest BCUT2D eigenvalue weighted by Gasteiger charge is -2.25. The zero-order valence-corrected chi connectivity index (χ0v) is 11.7. The second kappa shape index (κ2) is 5.69. The number of benzene rings is 1. The molecule has 0 spiro atoms. The Morgan fingerprint density at radius 2 is 1.61 bits per heavy atom. The van der Waals surface area contributed by atoms with Crippen molar-refractivity contribution in [1.29, 1.82) is 0 Å². The summed E-state index contributed by atoms with van der Waals surface area (Å²) in [6.07, 6.45) is 7.37. The number of rotatable bonds is 5. The molecule has 0 unspecified atom stereocenters. The average molecular weight is 244 g/mol. The molecule has 0 radical (unpaired) electrons. The van der Waals surface area contributed by atoms with Crippen LogP contribution in [0.2, 0.25) is 0 Å². The van der Waals surface area contributed by atoms with Gasteiger partial charge >= 0.3 is 0 Å². The Kier molecular flexibility index (Phi) is 4.21. The molecule has 18 heavy (non-hydrogen) atoms. The normalized spacial score (nSPS) is 17.9. The highest BCUT2D eigenvalue weighted by Crippen LogP contribution is 2.42. The lowest BCUT2D eigenvalue weighted by Crippen LogP contribution is -2.28. The van der Waals surface area contributed by atoms with Gasteiger partial charge in [0.15, 0.2) is 0 Å². The van der Waals surface area contributed by atoms with Gasteiger partial charge in [0.25, 0.3) is 0 Å². The van der Waals surface area contributed by atoms with Gasteiger partial charge in [-0.05, 0) is 36.8 Å². The first-order valence-corrected chi connectivity index (χ1v) is 7.31. The molecule has 0 bridgehead atoms. The number of hydrogen-bond acceptors (Lipinski definition) is 1. The SMILES string of the molecule is CCc1ccc(CC(=O)C2(CC)CCCC2)cc1. The summed E-state index contributed by atoms with van der Waals surface area (Å²) in [6, 6.07) is 8.54. The van der Waals surface area contributed by atoms with E-state index in [1.54, 1.807) is 0 Å². The topological polar surface area (TPSA) is 17.1 Å². The number of Topliss-reactive ketones (excluding diaryl/α,β-unsaturated/α-hetero) is 1. The molecule has 1 aliphatic carbocycles. The van der Waals surface area contributed by atoms with Crippen molar-refractivity contribution >= 4 is 5.78 Å². The zero-order valence-electron chi connectivity index (χ0n) is 11.7. The Morgan fingerprint density at radius 1 is 1.06 bits per heavy atom. The minimum absolute atomic E-state index is 0.00340. The number of carbonyl (C=O) groups is 1. The smallest absolute Gasteiger partial charge is 0.143 e. The molecule has 0 N–H and O–H groups in total. The second-order valence-corrected chi connectivity index (χ2v) is 5.61. The summed E-state index contributed by atoms with van der Waals surface area (Å²) in [5.41, 5.74) is 2.53. The van der Waals surface area contributed by atoms with Gasteiger partial charge in [0, 0.05) is 11.8 Å². The van der Waals surface area contributed by atoms with Crippen LogP contribution in [-0.4, -0.2) is 5.78 Å². The minimum atomic E-state index is 0.00340. The molecule has 1 fully saturated rings. The maximum Gasteiger partial charge on any atom is 0.143 e. The molecule has 98 valence electrons. The van der Waals surface area contributed by atoms with Crippen LogP contribution >= 0.6 is 0 Å². The molecule has 1 nitrogen and oxygen atoms in total. The average Bonchev–Trinajstić information content (AvgIpc) is 2.89. The maximum atomic E-state index is 12.5. The van der Waals surface area contributed by atoms with Crippen LogP contribution in [0.15, 0.2) is 24.3 Å². The van der Waals surface area contributed by atoms with E-state index in [0.29, 0.717) is 12.2 Å². The summed E-state index contributed by atoms with van der Waals surface area (Å²) in [5, 5.41) is 0. The van der Waals surface area contributed by atoms with Crippen molar-refractivity contribution in [2.75, 3.05) is 0 Å². The third kappa shape index (κ3) is 2.66. The first-order chi connectivity index (χ1) is 8.70. The monoisotopic (exact) mass is 244 g/mol. The van der Waals surface area contributed by atoms with E-state index in [1.807, 2.05) is 0 Å². The third-order valence-electron chi connectivity index (χ3n) is 4.62. The summed E-state index contributed by atoms with van der Waals surface area (Å²) in [4.78, 5) is 12.5. The van der Waals surface area contributed by atoms with Crippen molar-refractivity contribution in [1.82, 2.24) is 0 Å². The van der Waals surface area contributed by atoms with Crippen LogP contribution in [0.3, 0.4) is 0 Å². The molecule has 0 saturated heterocycles. The van der Waals surface area contributed by atoms with E-state index in [1.165, 1.54) is 24.0 Å². The third-order valence-corrected chi connectivity index (χ3v) is 4.62. The molecule has 1 heteroatoms. The Bertz CT molecular complexity index is 396. The van der Waals surface area contributed by atoms with E-state index in [9.17, 15) is 4.79 Å². The van der Waals surface area contributed by atoms with Gasteiger partial charge in [0.2, 0.25) is 0 Å². The zero-order chi connectivity index (χ0) is 13.0. The van der Waals surface area contributed by atoms with Crippen LogP contribution < -0.4 is 0 Å². The van der Waals surface area contributed by atoms with Crippen molar-refractivity contribution in [3.05, 3.63) is 35.4 Å². The molecule has 0 aromatic heterocycles. The van der Waals surface area contributed by atoms with Crippen LogP contribution in [0.1, 0.15) is 57.1 Å². The molecule has 1 aliphatic rings. The minimum Gasteiger partial charge on any atom is -0.299 e. The van der Waals surface area contributed by atoms with Gasteiger partial charge in [-0.3, -0.25) is 4.79 Å².